The van der Waals surface area contributed by atoms with Crippen LogP contribution in [0.1, 0.15) is 18.9 Å². The third-order valence-electron chi connectivity index (χ3n) is 3.21. The summed E-state index contributed by atoms with van der Waals surface area (Å²) < 4.78 is 1.21. The molecule has 0 amide bonds. The van der Waals surface area contributed by atoms with Gasteiger partial charge in [0.15, 0.2) is 0 Å². The molecule has 3 heteroatoms. The first-order valence-corrected chi connectivity index (χ1v) is 6.71. The lowest BCUT2D eigenvalue weighted by Gasteiger charge is -2.30. The Morgan fingerprint density at radius 2 is 2.19 bits per heavy atom. The molecule has 1 atom stereocenters. The molecule has 0 radical (unpaired) electrons. The van der Waals surface area contributed by atoms with Gasteiger partial charge in [-0.1, -0.05) is 6.07 Å². The molecule has 1 aliphatic rings. The second-order valence-electron chi connectivity index (χ2n) is 4.54. The maximum atomic E-state index is 3.67. The molecule has 0 spiro atoms. The van der Waals surface area contributed by atoms with Crippen LogP contribution in [-0.2, 0) is 0 Å². The van der Waals surface area contributed by atoms with Crippen LogP contribution in [0.5, 0.6) is 0 Å². The van der Waals surface area contributed by atoms with E-state index in [4.69, 9.17) is 0 Å². The molecule has 2 nitrogen and oxygen atoms in total. The van der Waals surface area contributed by atoms with E-state index in [1.165, 1.54) is 22.1 Å². The average molecular weight is 283 g/mol. The van der Waals surface area contributed by atoms with Gasteiger partial charge in [-0.25, -0.2) is 0 Å². The molecule has 1 N–H and O–H groups in total. The number of hydrogen-bond acceptors (Lipinski definition) is 2. The minimum Gasteiger partial charge on any atom is -0.367 e. The van der Waals surface area contributed by atoms with Crippen molar-refractivity contribution in [1.82, 2.24) is 5.32 Å². The second kappa shape index (κ2) is 5.19. The largest absolute Gasteiger partial charge is 0.367 e. The van der Waals surface area contributed by atoms with E-state index in [2.05, 4.69) is 58.2 Å². The van der Waals surface area contributed by atoms with Crippen molar-refractivity contribution in [2.75, 3.05) is 24.5 Å². The lowest BCUT2D eigenvalue weighted by molar-refractivity contribution is 0.630. The predicted octanol–water partition coefficient (Wildman–Crippen LogP) is 2.95. The molecule has 1 fully saturated rings. The summed E-state index contributed by atoms with van der Waals surface area (Å²) in [5.41, 5.74) is 2.62. The Balaban J connectivity index is 2.27. The summed E-state index contributed by atoms with van der Waals surface area (Å²) in [6.45, 7) is 7.72. The zero-order valence-corrected chi connectivity index (χ0v) is 11.5. The van der Waals surface area contributed by atoms with Gasteiger partial charge in [-0.2, -0.15) is 0 Å². The van der Waals surface area contributed by atoms with Gasteiger partial charge in [0.1, 0.15) is 0 Å². The first-order valence-electron chi connectivity index (χ1n) is 5.92. The normalized spacial score (nSPS) is 21.9. The minimum atomic E-state index is 0.606. The molecule has 88 valence electrons. The maximum absolute atomic E-state index is 3.67. The first-order chi connectivity index (χ1) is 7.68. The van der Waals surface area contributed by atoms with E-state index in [9.17, 15) is 0 Å². The van der Waals surface area contributed by atoms with Crippen LogP contribution >= 0.6 is 15.9 Å². The van der Waals surface area contributed by atoms with Crippen LogP contribution in [0.15, 0.2) is 22.7 Å². The molecule has 1 saturated heterocycles. The van der Waals surface area contributed by atoms with Crippen molar-refractivity contribution >= 4 is 21.6 Å². The van der Waals surface area contributed by atoms with Gasteiger partial charge in [0.25, 0.3) is 0 Å². The lowest BCUT2D eigenvalue weighted by atomic mass is 10.1. The topological polar surface area (TPSA) is 15.3 Å². The summed E-state index contributed by atoms with van der Waals surface area (Å²) in [7, 11) is 0. The molecule has 1 unspecified atom stereocenters. The van der Waals surface area contributed by atoms with E-state index >= 15 is 0 Å². The van der Waals surface area contributed by atoms with Crippen molar-refractivity contribution in [1.29, 1.82) is 0 Å². The third kappa shape index (κ3) is 2.58. The highest BCUT2D eigenvalue weighted by atomic mass is 79.9. The third-order valence-corrected chi connectivity index (χ3v) is 3.85. The molecule has 0 bridgehead atoms. The number of anilines is 1. The fraction of sp³-hybridized carbons (Fsp3) is 0.538. The SMILES string of the molecule is Cc1ccc(N2CCNCCC2C)c(Br)c1. The van der Waals surface area contributed by atoms with Gasteiger partial charge < -0.3 is 10.2 Å². The molecule has 0 aliphatic carbocycles. The fourth-order valence-corrected chi connectivity index (χ4v) is 2.94. The Hall–Kier alpha value is -0.540. The summed E-state index contributed by atoms with van der Waals surface area (Å²) in [4.78, 5) is 2.49. The van der Waals surface area contributed by atoms with E-state index in [0.29, 0.717) is 6.04 Å². The maximum Gasteiger partial charge on any atom is 0.0513 e. The Morgan fingerprint density at radius 3 is 2.94 bits per heavy atom. The van der Waals surface area contributed by atoms with Crippen molar-refractivity contribution in [3.05, 3.63) is 28.2 Å². The quantitative estimate of drug-likeness (QED) is 0.852. The fourth-order valence-electron chi connectivity index (χ4n) is 2.21. The minimum absolute atomic E-state index is 0.606. The van der Waals surface area contributed by atoms with E-state index in [1.54, 1.807) is 0 Å². The Kier molecular flexibility index (Phi) is 3.87. The van der Waals surface area contributed by atoms with Gasteiger partial charge in [0, 0.05) is 23.6 Å². The lowest BCUT2D eigenvalue weighted by Crippen LogP contribution is -2.34. The van der Waals surface area contributed by atoms with E-state index in [0.717, 1.165) is 19.6 Å². The number of nitrogens with zero attached hydrogens (tertiary/aromatic N) is 1. The highest BCUT2D eigenvalue weighted by molar-refractivity contribution is 9.10. The van der Waals surface area contributed by atoms with Crippen LogP contribution in [0.4, 0.5) is 5.69 Å². The van der Waals surface area contributed by atoms with Crippen LogP contribution < -0.4 is 10.2 Å². The smallest absolute Gasteiger partial charge is 0.0513 e. The van der Waals surface area contributed by atoms with Crippen LogP contribution in [0.25, 0.3) is 0 Å². The van der Waals surface area contributed by atoms with Gasteiger partial charge in [-0.3, -0.25) is 0 Å². The number of halogens is 1. The van der Waals surface area contributed by atoms with E-state index in [-0.39, 0.29) is 0 Å². The highest BCUT2D eigenvalue weighted by Crippen LogP contribution is 2.29. The van der Waals surface area contributed by atoms with Crippen LogP contribution in [-0.4, -0.2) is 25.7 Å². The number of benzene rings is 1. The number of nitrogens with one attached hydrogen (secondary N) is 1. The summed E-state index contributed by atoms with van der Waals surface area (Å²) in [6, 6.07) is 7.21. The summed E-state index contributed by atoms with van der Waals surface area (Å²) in [5, 5.41) is 3.45. The molecule has 0 aromatic heterocycles. The molecule has 1 aromatic carbocycles. The van der Waals surface area contributed by atoms with Crippen molar-refractivity contribution in [2.45, 2.75) is 26.3 Å². The second-order valence-corrected chi connectivity index (χ2v) is 5.39. The van der Waals surface area contributed by atoms with Gasteiger partial charge >= 0.3 is 0 Å². The van der Waals surface area contributed by atoms with Crippen molar-refractivity contribution < 1.29 is 0 Å². The van der Waals surface area contributed by atoms with Crippen LogP contribution in [0.3, 0.4) is 0 Å². The molecular weight excluding hydrogens is 264 g/mol. The zero-order chi connectivity index (χ0) is 11.5. The Labute approximate surface area is 106 Å². The monoisotopic (exact) mass is 282 g/mol. The summed E-state index contributed by atoms with van der Waals surface area (Å²) >= 11 is 3.67. The van der Waals surface area contributed by atoms with Gasteiger partial charge in [0.05, 0.1) is 5.69 Å². The van der Waals surface area contributed by atoms with Gasteiger partial charge in [-0.05, 0) is 60.4 Å². The summed E-state index contributed by atoms with van der Waals surface area (Å²) in [6.07, 6.45) is 1.21. The van der Waals surface area contributed by atoms with E-state index < -0.39 is 0 Å². The van der Waals surface area contributed by atoms with Crippen molar-refractivity contribution in [2.24, 2.45) is 0 Å². The van der Waals surface area contributed by atoms with Crippen LogP contribution in [0.2, 0.25) is 0 Å². The van der Waals surface area contributed by atoms with Gasteiger partial charge in [0.2, 0.25) is 0 Å². The molecule has 1 heterocycles. The highest BCUT2D eigenvalue weighted by Gasteiger charge is 2.18. The molecule has 16 heavy (non-hydrogen) atoms. The van der Waals surface area contributed by atoms with Crippen LogP contribution in [0, 0.1) is 6.92 Å². The Bertz CT molecular complexity index is 365. The van der Waals surface area contributed by atoms with E-state index in [1.807, 2.05) is 0 Å². The van der Waals surface area contributed by atoms with Gasteiger partial charge in [-0.15, -0.1) is 0 Å². The average Bonchev–Trinajstić information content (AvgIpc) is 2.44. The molecular formula is C13H19BrN2. The predicted molar refractivity (Wildman–Crippen MR) is 73.2 cm³/mol. The number of aryl methyl sites for hydroxylation is 1. The first kappa shape index (κ1) is 11.9. The van der Waals surface area contributed by atoms with Crippen molar-refractivity contribution in [3.63, 3.8) is 0 Å². The standard InChI is InChI=1S/C13H19BrN2/c1-10-3-4-13(12(14)9-10)16-8-7-15-6-5-11(16)2/h3-4,9,11,15H,5-8H2,1-2H3. The molecule has 1 aliphatic heterocycles. The number of rotatable bonds is 1. The Morgan fingerprint density at radius 1 is 1.38 bits per heavy atom. The molecule has 0 saturated carbocycles. The molecule has 1 aromatic rings. The molecule has 2 rings (SSSR count). The summed E-state index contributed by atoms with van der Waals surface area (Å²) in [5.74, 6) is 0. The number of hydrogen-bond donors (Lipinski definition) is 1. The van der Waals surface area contributed by atoms with Crippen molar-refractivity contribution in [3.8, 4) is 0 Å². The zero-order valence-electron chi connectivity index (χ0n) is 9.96.